The number of ether oxygens (including phenoxy) is 1. The number of benzene rings is 1. The molecule has 15 heavy (non-hydrogen) atoms. The van der Waals surface area contributed by atoms with Crippen LogP contribution in [0.25, 0.3) is 0 Å². The van der Waals surface area contributed by atoms with Gasteiger partial charge in [0.2, 0.25) is 0 Å². The van der Waals surface area contributed by atoms with Crippen molar-refractivity contribution in [1.82, 2.24) is 0 Å². The molecule has 0 aromatic heterocycles. The minimum atomic E-state index is 0.714. The molecule has 0 unspecified atom stereocenters. The molecular weight excluding hydrogens is 210 g/mol. The van der Waals surface area contributed by atoms with Gasteiger partial charge in [0.1, 0.15) is 5.75 Å². The van der Waals surface area contributed by atoms with E-state index in [2.05, 4.69) is 11.9 Å². The van der Waals surface area contributed by atoms with Crippen molar-refractivity contribution in [2.45, 2.75) is 6.42 Å². The maximum Gasteiger partial charge on any atom is 0.120 e. The van der Waals surface area contributed by atoms with Gasteiger partial charge in [-0.25, -0.2) is 0 Å². The standard InChI is InChI=1S/C12H16ClNO/c1-2-7-14-8-4-9-15-12-6-3-5-11(13)10-12/h2-3,5-6,10,14H,1,4,7-9H2/p+1. The van der Waals surface area contributed by atoms with E-state index in [9.17, 15) is 0 Å². The smallest absolute Gasteiger partial charge is 0.120 e. The summed E-state index contributed by atoms with van der Waals surface area (Å²) >= 11 is 5.83. The predicted molar refractivity (Wildman–Crippen MR) is 63.4 cm³/mol. The van der Waals surface area contributed by atoms with Gasteiger partial charge in [-0.05, 0) is 24.3 Å². The summed E-state index contributed by atoms with van der Waals surface area (Å²) in [6, 6.07) is 7.47. The van der Waals surface area contributed by atoms with Gasteiger partial charge in [-0.2, -0.15) is 0 Å². The van der Waals surface area contributed by atoms with E-state index in [0.717, 1.165) is 31.9 Å². The Morgan fingerprint density at radius 2 is 2.33 bits per heavy atom. The first kappa shape index (κ1) is 12.1. The van der Waals surface area contributed by atoms with Gasteiger partial charge in [-0.3, -0.25) is 0 Å². The van der Waals surface area contributed by atoms with Gasteiger partial charge in [0.05, 0.1) is 19.7 Å². The molecule has 1 aromatic carbocycles. The third kappa shape index (κ3) is 5.45. The van der Waals surface area contributed by atoms with E-state index in [1.807, 2.05) is 30.3 Å². The lowest BCUT2D eigenvalue weighted by molar-refractivity contribution is -0.646. The van der Waals surface area contributed by atoms with Crippen LogP contribution in [0.5, 0.6) is 5.75 Å². The van der Waals surface area contributed by atoms with Crippen molar-refractivity contribution in [2.75, 3.05) is 19.7 Å². The predicted octanol–water partition coefficient (Wildman–Crippen LogP) is 1.86. The Hall–Kier alpha value is -0.990. The maximum atomic E-state index is 5.83. The Morgan fingerprint density at radius 3 is 3.07 bits per heavy atom. The van der Waals surface area contributed by atoms with Gasteiger partial charge in [-0.15, -0.1) is 0 Å². The third-order valence-corrected chi connectivity index (χ3v) is 2.19. The number of nitrogens with two attached hydrogens (primary N) is 1. The molecule has 82 valence electrons. The topological polar surface area (TPSA) is 25.8 Å². The summed E-state index contributed by atoms with van der Waals surface area (Å²) in [4.78, 5) is 0. The van der Waals surface area contributed by atoms with Crippen molar-refractivity contribution in [1.29, 1.82) is 0 Å². The summed E-state index contributed by atoms with van der Waals surface area (Å²) in [6.07, 6.45) is 2.93. The normalized spacial score (nSPS) is 9.93. The molecule has 0 radical (unpaired) electrons. The minimum absolute atomic E-state index is 0.714. The fourth-order valence-electron chi connectivity index (χ4n) is 1.21. The van der Waals surface area contributed by atoms with E-state index in [1.54, 1.807) is 0 Å². The molecule has 0 aliphatic carbocycles. The lowest BCUT2D eigenvalue weighted by Crippen LogP contribution is -2.84. The Kier molecular flexibility index (Phi) is 5.90. The highest BCUT2D eigenvalue weighted by Gasteiger charge is 1.95. The Balaban J connectivity index is 2.12. The zero-order chi connectivity index (χ0) is 10.9. The molecule has 0 spiro atoms. The van der Waals surface area contributed by atoms with Gasteiger partial charge in [0.15, 0.2) is 0 Å². The van der Waals surface area contributed by atoms with Crippen LogP contribution in [-0.2, 0) is 0 Å². The lowest BCUT2D eigenvalue weighted by atomic mass is 10.3. The third-order valence-electron chi connectivity index (χ3n) is 1.95. The summed E-state index contributed by atoms with van der Waals surface area (Å²) in [5, 5.41) is 2.92. The van der Waals surface area contributed by atoms with Gasteiger partial charge in [-0.1, -0.05) is 24.2 Å². The molecule has 0 saturated carbocycles. The van der Waals surface area contributed by atoms with E-state index >= 15 is 0 Å². The number of rotatable bonds is 7. The first-order valence-electron chi connectivity index (χ1n) is 5.14. The molecule has 0 atom stereocenters. The van der Waals surface area contributed by atoms with Gasteiger partial charge in [0.25, 0.3) is 0 Å². The van der Waals surface area contributed by atoms with Crippen LogP contribution < -0.4 is 10.1 Å². The highest BCUT2D eigenvalue weighted by atomic mass is 35.5. The van der Waals surface area contributed by atoms with Crippen LogP contribution >= 0.6 is 11.6 Å². The number of quaternary nitrogens is 1. The highest BCUT2D eigenvalue weighted by molar-refractivity contribution is 6.30. The monoisotopic (exact) mass is 226 g/mol. The van der Waals surface area contributed by atoms with E-state index in [4.69, 9.17) is 16.3 Å². The van der Waals surface area contributed by atoms with Crippen LogP contribution in [0, 0.1) is 0 Å². The van der Waals surface area contributed by atoms with Gasteiger partial charge >= 0.3 is 0 Å². The molecule has 0 amide bonds. The van der Waals surface area contributed by atoms with Crippen LogP contribution in [-0.4, -0.2) is 19.7 Å². The van der Waals surface area contributed by atoms with Crippen LogP contribution in [0.3, 0.4) is 0 Å². The summed E-state index contributed by atoms with van der Waals surface area (Å²) in [6.45, 7) is 6.42. The zero-order valence-electron chi connectivity index (χ0n) is 8.79. The summed E-state index contributed by atoms with van der Waals surface area (Å²) in [7, 11) is 0. The molecule has 2 N–H and O–H groups in total. The second-order valence-corrected chi connectivity index (χ2v) is 3.70. The molecule has 0 heterocycles. The maximum absolute atomic E-state index is 5.83. The van der Waals surface area contributed by atoms with Crippen molar-refractivity contribution in [3.63, 3.8) is 0 Å². The zero-order valence-corrected chi connectivity index (χ0v) is 9.54. The largest absolute Gasteiger partial charge is 0.493 e. The number of halogens is 1. The van der Waals surface area contributed by atoms with E-state index < -0.39 is 0 Å². The molecule has 0 aliphatic rings. The molecule has 0 fully saturated rings. The van der Waals surface area contributed by atoms with Gasteiger partial charge < -0.3 is 10.1 Å². The van der Waals surface area contributed by atoms with E-state index in [0.29, 0.717) is 5.02 Å². The molecule has 3 heteroatoms. The van der Waals surface area contributed by atoms with Crippen LogP contribution in [0.1, 0.15) is 6.42 Å². The fourth-order valence-corrected chi connectivity index (χ4v) is 1.39. The van der Waals surface area contributed by atoms with Crippen LogP contribution in [0.2, 0.25) is 5.02 Å². The van der Waals surface area contributed by atoms with Crippen molar-refractivity contribution in [3.05, 3.63) is 41.9 Å². The molecule has 1 aromatic rings. The molecular formula is C12H17ClNO+. The lowest BCUT2D eigenvalue weighted by Gasteiger charge is -2.05. The Morgan fingerprint density at radius 1 is 1.47 bits per heavy atom. The van der Waals surface area contributed by atoms with E-state index in [-0.39, 0.29) is 0 Å². The molecule has 1 rings (SSSR count). The summed E-state index contributed by atoms with van der Waals surface area (Å²) in [5.41, 5.74) is 0. The van der Waals surface area contributed by atoms with Crippen molar-refractivity contribution in [2.24, 2.45) is 0 Å². The molecule has 0 bridgehead atoms. The summed E-state index contributed by atoms with van der Waals surface area (Å²) in [5.74, 6) is 0.839. The average molecular weight is 227 g/mol. The summed E-state index contributed by atoms with van der Waals surface area (Å²) < 4.78 is 5.54. The van der Waals surface area contributed by atoms with Crippen molar-refractivity contribution < 1.29 is 10.1 Å². The Bertz CT molecular complexity index is 301. The molecule has 0 aliphatic heterocycles. The van der Waals surface area contributed by atoms with Crippen LogP contribution in [0.15, 0.2) is 36.9 Å². The minimum Gasteiger partial charge on any atom is -0.493 e. The quantitative estimate of drug-likeness (QED) is 0.558. The van der Waals surface area contributed by atoms with Crippen LogP contribution in [0.4, 0.5) is 0 Å². The first-order valence-corrected chi connectivity index (χ1v) is 5.51. The number of hydrogen-bond donors (Lipinski definition) is 1. The fraction of sp³-hybridized carbons (Fsp3) is 0.333. The van der Waals surface area contributed by atoms with Crippen molar-refractivity contribution in [3.8, 4) is 5.75 Å². The highest BCUT2D eigenvalue weighted by Crippen LogP contribution is 2.16. The average Bonchev–Trinajstić information content (AvgIpc) is 2.23. The van der Waals surface area contributed by atoms with E-state index in [1.165, 1.54) is 0 Å². The SMILES string of the molecule is C=CC[NH2+]CCCOc1cccc(Cl)c1. The molecule has 2 nitrogen and oxygen atoms in total. The van der Waals surface area contributed by atoms with Gasteiger partial charge in [0, 0.05) is 11.4 Å². The second kappa shape index (κ2) is 7.32. The second-order valence-electron chi connectivity index (χ2n) is 3.26. The number of hydrogen-bond acceptors (Lipinski definition) is 1. The molecule has 0 saturated heterocycles. The Labute approximate surface area is 95.9 Å². The van der Waals surface area contributed by atoms with Crippen molar-refractivity contribution >= 4 is 11.6 Å². The first-order chi connectivity index (χ1) is 7.33.